The van der Waals surface area contributed by atoms with Gasteiger partial charge in [-0.15, -0.1) is 0 Å². The fraction of sp³-hybridized carbons (Fsp3) is 0.250. The molecule has 3 aromatic carbocycles. The number of carbonyl (C=O) groups is 4. The number of anilines is 1. The number of piperazine rings is 1. The Balaban J connectivity index is 1.01. The molecule has 1 atom stereocenters. The van der Waals surface area contributed by atoms with E-state index in [2.05, 4.69) is 31.0 Å². The molecule has 48 heavy (non-hydrogen) atoms. The molecule has 4 aromatic rings. The first-order valence-electron chi connectivity index (χ1n) is 15.8. The number of nitrogens with two attached hydrogens (primary N) is 1. The summed E-state index contributed by atoms with van der Waals surface area (Å²) in [6.45, 7) is 4.04. The monoisotopic (exact) mass is 708 g/mol. The van der Waals surface area contributed by atoms with Gasteiger partial charge in [0.1, 0.15) is 23.4 Å². The van der Waals surface area contributed by atoms with Gasteiger partial charge in [0.15, 0.2) is 0 Å². The Morgan fingerprint density at radius 3 is 2.35 bits per heavy atom. The minimum atomic E-state index is -0.648. The number of hydrogen-bond donors (Lipinski definition) is 2. The molecule has 4 heterocycles. The van der Waals surface area contributed by atoms with Gasteiger partial charge in [-0.05, 0) is 72.1 Å². The molecule has 1 unspecified atom stereocenters. The molecule has 0 bridgehead atoms. The number of halogens is 1. The van der Waals surface area contributed by atoms with Crippen LogP contribution < -0.4 is 20.7 Å². The zero-order valence-corrected chi connectivity index (χ0v) is 27.6. The van der Waals surface area contributed by atoms with Crippen LogP contribution in [-0.2, 0) is 22.7 Å². The molecule has 0 spiro atoms. The molecule has 0 aliphatic carbocycles. The molecule has 0 saturated carbocycles. The molecule has 244 valence electrons. The van der Waals surface area contributed by atoms with Crippen LogP contribution in [0.25, 0.3) is 11.3 Å². The number of ether oxygens (including phenoxy) is 1. The largest absolute Gasteiger partial charge is 0.457 e. The molecule has 2 saturated heterocycles. The van der Waals surface area contributed by atoms with Gasteiger partial charge in [0.2, 0.25) is 11.8 Å². The molecule has 1 aromatic heterocycles. The summed E-state index contributed by atoms with van der Waals surface area (Å²) in [7, 11) is 0. The molecule has 3 aliphatic rings. The summed E-state index contributed by atoms with van der Waals surface area (Å²) in [5.41, 5.74) is 9.89. The van der Waals surface area contributed by atoms with E-state index in [9.17, 15) is 19.2 Å². The van der Waals surface area contributed by atoms with Crippen LogP contribution in [0.2, 0.25) is 0 Å². The first-order chi connectivity index (χ1) is 23.2. The number of para-hydroxylation sites is 1. The van der Waals surface area contributed by atoms with Crippen molar-refractivity contribution in [3.8, 4) is 22.8 Å². The Hall–Kier alpha value is -5.07. The van der Waals surface area contributed by atoms with E-state index in [-0.39, 0.29) is 18.2 Å². The molecule has 0 radical (unpaired) electrons. The first kappa shape index (κ1) is 31.5. The maximum atomic E-state index is 13.2. The van der Waals surface area contributed by atoms with Crippen molar-refractivity contribution in [3.63, 3.8) is 0 Å². The van der Waals surface area contributed by atoms with Gasteiger partial charge in [0.05, 0.1) is 11.3 Å². The van der Waals surface area contributed by atoms with Gasteiger partial charge < -0.3 is 20.3 Å². The minimum Gasteiger partial charge on any atom is -0.457 e. The standard InChI is InChI=1S/C36H33BrN6O5/c37-32-23(8-11-26-28(32)21-43(36(26)47)29-13-15-31(44)40-35(29)46)20-41-16-18-42(19-17-41)30-14-12-27(34(38)45)33(39-30)22-6-9-25(10-7-22)48-24-4-2-1-3-5-24/h1-12,14,29H,13,15-21H2,(H2,38,45)(H,40,44,46). The highest BCUT2D eigenvalue weighted by molar-refractivity contribution is 9.10. The molecule has 11 nitrogen and oxygen atoms in total. The highest BCUT2D eigenvalue weighted by Crippen LogP contribution is 2.35. The van der Waals surface area contributed by atoms with E-state index >= 15 is 0 Å². The predicted molar refractivity (Wildman–Crippen MR) is 182 cm³/mol. The van der Waals surface area contributed by atoms with Crippen molar-refractivity contribution in [2.24, 2.45) is 5.73 Å². The Labute approximate surface area is 285 Å². The molecular weight excluding hydrogens is 676 g/mol. The fourth-order valence-corrected chi connectivity index (χ4v) is 7.10. The molecule has 7 rings (SSSR count). The lowest BCUT2D eigenvalue weighted by Crippen LogP contribution is -2.52. The van der Waals surface area contributed by atoms with Gasteiger partial charge >= 0.3 is 0 Å². The van der Waals surface area contributed by atoms with Gasteiger partial charge in [-0.2, -0.15) is 0 Å². The van der Waals surface area contributed by atoms with E-state index < -0.39 is 17.9 Å². The topological polar surface area (TPSA) is 138 Å². The minimum absolute atomic E-state index is 0.189. The fourth-order valence-electron chi connectivity index (χ4n) is 6.50. The van der Waals surface area contributed by atoms with E-state index in [4.69, 9.17) is 15.5 Å². The average molecular weight is 710 g/mol. The third kappa shape index (κ3) is 6.28. The summed E-state index contributed by atoms with van der Waals surface area (Å²) in [6.07, 6.45) is 0.551. The highest BCUT2D eigenvalue weighted by Gasteiger charge is 2.40. The zero-order chi connectivity index (χ0) is 33.4. The number of nitrogens with one attached hydrogen (secondary N) is 1. The van der Waals surface area contributed by atoms with E-state index in [0.29, 0.717) is 42.1 Å². The van der Waals surface area contributed by atoms with E-state index in [1.807, 2.05) is 72.8 Å². The van der Waals surface area contributed by atoms with Crippen LogP contribution in [0.1, 0.15) is 44.7 Å². The molecular formula is C36H33BrN6O5. The highest BCUT2D eigenvalue weighted by atomic mass is 79.9. The summed E-state index contributed by atoms with van der Waals surface area (Å²) < 4.78 is 6.79. The maximum Gasteiger partial charge on any atom is 0.255 e. The smallest absolute Gasteiger partial charge is 0.255 e. The third-order valence-electron chi connectivity index (χ3n) is 9.07. The molecule has 3 N–H and O–H groups in total. The molecule has 4 amide bonds. The summed E-state index contributed by atoms with van der Waals surface area (Å²) in [4.78, 5) is 60.6. The number of nitrogens with zero attached hydrogens (tertiary/aromatic N) is 4. The van der Waals surface area contributed by atoms with Crippen molar-refractivity contribution in [3.05, 3.63) is 106 Å². The van der Waals surface area contributed by atoms with Crippen LogP contribution in [-0.4, -0.2) is 70.6 Å². The predicted octanol–water partition coefficient (Wildman–Crippen LogP) is 4.49. The summed E-state index contributed by atoms with van der Waals surface area (Å²) in [5.74, 6) is 0.724. The SMILES string of the molecule is NC(=O)c1ccc(N2CCN(Cc3ccc4c(c3Br)CN(C3CCC(=O)NC3=O)C4=O)CC2)nc1-c1ccc(Oc2ccccc2)cc1. The van der Waals surface area contributed by atoms with Gasteiger partial charge in [-0.1, -0.05) is 40.2 Å². The number of primary amides is 1. The van der Waals surface area contributed by atoms with Crippen LogP contribution in [0.15, 0.2) is 83.3 Å². The van der Waals surface area contributed by atoms with Gasteiger partial charge in [0.25, 0.3) is 11.8 Å². The molecule has 3 aliphatic heterocycles. The lowest BCUT2D eigenvalue weighted by atomic mass is 10.0. The van der Waals surface area contributed by atoms with Gasteiger partial charge in [-0.3, -0.25) is 29.4 Å². The first-order valence-corrected chi connectivity index (χ1v) is 16.6. The number of imide groups is 1. The lowest BCUT2D eigenvalue weighted by molar-refractivity contribution is -0.136. The number of fused-ring (bicyclic) bond motifs is 1. The summed E-state index contributed by atoms with van der Waals surface area (Å²) >= 11 is 3.75. The van der Waals surface area contributed by atoms with Crippen LogP contribution in [0.4, 0.5) is 5.82 Å². The second-order valence-electron chi connectivity index (χ2n) is 12.1. The number of carbonyl (C=O) groups excluding carboxylic acids is 4. The normalized spacial score (nSPS) is 18.1. The van der Waals surface area contributed by atoms with E-state index in [1.54, 1.807) is 11.0 Å². The number of piperidine rings is 1. The second-order valence-corrected chi connectivity index (χ2v) is 12.9. The van der Waals surface area contributed by atoms with Gasteiger partial charge in [-0.25, -0.2) is 4.98 Å². The van der Waals surface area contributed by atoms with E-state index in [1.165, 1.54) is 0 Å². The van der Waals surface area contributed by atoms with Crippen molar-refractivity contribution in [1.29, 1.82) is 0 Å². The maximum absolute atomic E-state index is 13.2. The number of hydrogen-bond acceptors (Lipinski definition) is 8. The summed E-state index contributed by atoms with van der Waals surface area (Å²) in [6, 6.07) is 23.7. The van der Waals surface area contributed by atoms with Crippen molar-refractivity contribution < 1.29 is 23.9 Å². The third-order valence-corrected chi connectivity index (χ3v) is 10.1. The Bertz CT molecular complexity index is 1910. The van der Waals surface area contributed by atoms with Crippen molar-refractivity contribution in [1.82, 2.24) is 20.1 Å². The lowest BCUT2D eigenvalue weighted by Gasteiger charge is -2.36. The zero-order valence-electron chi connectivity index (χ0n) is 26.0. The number of benzene rings is 3. The van der Waals surface area contributed by atoms with Crippen LogP contribution >= 0.6 is 15.9 Å². The van der Waals surface area contributed by atoms with Crippen molar-refractivity contribution >= 4 is 45.4 Å². The van der Waals surface area contributed by atoms with E-state index in [0.717, 1.165) is 58.9 Å². The number of amides is 4. The quantitative estimate of drug-likeness (QED) is 0.256. The van der Waals surface area contributed by atoms with Crippen LogP contribution in [0, 0.1) is 0 Å². The Kier molecular flexibility index (Phi) is 8.67. The van der Waals surface area contributed by atoms with Crippen LogP contribution in [0.5, 0.6) is 11.5 Å². The van der Waals surface area contributed by atoms with Crippen LogP contribution in [0.3, 0.4) is 0 Å². The van der Waals surface area contributed by atoms with Crippen molar-refractivity contribution in [2.45, 2.75) is 32.0 Å². The van der Waals surface area contributed by atoms with Gasteiger partial charge in [0, 0.05) is 61.3 Å². The number of pyridine rings is 1. The summed E-state index contributed by atoms with van der Waals surface area (Å²) in [5, 5.41) is 2.35. The number of rotatable bonds is 8. The Morgan fingerprint density at radius 2 is 1.65 bits per heavy atom. The van der Waals surface area contributed by atoms with Crippen molar-refractivity contribution in [2.75, 3.05) is 31.1 Å². The average Bonchev–Trinajstić information content (AvgIpc) is 3.43. The Morgan fingerprint density at radius 1 is 0.917 bits per heavy atom. The number of aromatic nitrogens is 1. The molecule has 12 heteroatoms. The second kappa shape index (κ2) is 13.2. The molecule has 2 fully saturated rings.